The van der Waals surface area contributed by atoms with Crippen LogP contribution in [0.3, 0.4) is 0 Å². The Morgan fingerprint density at radius 2 is 1.94 bits per heavy atom. The second-order valence-corrected chi connectivity index (χ2v) is 4.40. The summed E-state index contributed by atoms with van der Waals surface area (Å²) in [6, 6.07) is 1.77. The molecular formula is C10H10IN5. The average Bonchev–Trinajstić information content (AvgIpc) is 2.25. The van der Waals surface area contributed by atoms with Crippen LogP contribution in [0.15, 0.2) is 12.3 Å². The molecule has 0 aliphatic heterocycles. The van der Waals surface area contributed by atoms with E-state index in [0.717, 1.165) is 9.26 Å². The Hall–Kier alpha value is -1.31. The molecule has 82 valence electrons. The Balaban J connectivity index is 2.57. The molecule has 0 saturated heterocycles. The van der Waals surface area contributed by atoms with Gasteiger partial charge in [-0.15, -0.1) is 0 Å². The zero-order chi connectivity index (χ0) is 11.7. The molecule has 2 aromatic heterocycles. The van der Waals surface area contributed by atoms with Crippen molar-refractivity contribution >= 4 is 28.4 Å². The molecule has 0 amide bonds. The molecule has 5 nitrogen and oxygen atoms in total. The van der Waals surface area contributed by atoms with Gasteiger partial charge in [0, 0.05) is 6.20 Å². The van der Waals surface area contributed by atoms with Gasteiger partial charge in [0.2, 0.25) is 0 Å². The molecule has 6 heteroatoms. The summed E-state index contributed by atoms with van der Waals surface area (Å²) in [5.74, 6) is 1.72. The lowest BCUT2D eigenvalue weighted by atomic mass is 10.3. The van der Waals surface area contributed by atoms with Crippen molar-refractivity contribution in [2.45, 2.75) is 13.8 Å². The minimum absolute atomic E-state index is 0.486. The number of hydrogen-bond acceptors (Lipinski definition) is 5. The van der Waals surface area contributed by atoms with Crippen molar-refractivity contribution in [3.05, 3.63) is 27.4 Å². The van der Waals surface area contributed by atoms with E-state index >= 15 is 0 Å². The summed E-state index contributed by atoms with van der Waals surface area (Å²) in [5, 5.41) is 0. The van der Waals surface area contributed by atoms with Crippen molar-refractivity contribution in [3.63, 3.8) is 0 Å². The number of aryl methyl sites for hydroxylation is 2. The van der Waals surface area contributed by atoms with Crippen LogP contribution in [0.4, 0.5) is 5.82 Å². The molecule has 0 bridgehead atoms. The Labute approximate surface area is 107 Å². The smallest absolute Gasteiger partial charge is 0.180 e. The quantitative estimate of drug-likeness (QED) is 0.807. The van der Waals surface area contributed by atoms with Gasteiger partial charge >= 0.3 is 0 Å². The highest BCUT2D eigenvalue weighted by Crippen LogP contribution is 2.19. The number of rotatable bonds is 1. The fraction of sp³-hybridized carbons (Fsp3) is 0.200. The summed E-state index contributed by atoms with van der Waals surface area (Å²) in [6.07, 6.45) is 1.69. The second-order valence-electron chi connectivity index (χ2n) is 3.32. The van der Waals surface area contributed by atoms with Crippen molar-refractivity contribution in [2.75, 3.05) is 5.73 Å². The molecule has 0 atom stereocenters. The number of anilines is 1. The van der Waals surface area contributed by atoms with Gasteiger partial charge in [-0.2, -0.15) is 0 Å². The number of nitrogen functional groups attached to an aromatic ring is 1. The highest BCUT2D eigenvalue weighted by atomic mass is 127. The van der Waals surface area contributed by atoms with E-state index in [2.05, 4.69) is 42.5 Å². The van der Waals surface area contributed by atoms with Gasteiger partial charge in [-0.25, -0.2) is 19.9 Å². The number of hydrogen-bond donors (Lipinski definition) is 1. The van der Waals surface area contributed by atoms with Crippen molar-refractivity contribution in [1.29, 1.82) is 0 Å². The predicted molar refractivity (Wildman–Crippen MR) is 69.7 cm³/mol. The molecule has 0 radical (unpaired) electrons. The molecule has 2 N–H and O–H groups in total. The second kappa shape index (κ2) is 4.28. The van der Waals surface area contributed by atoms with E-state index in [1.807, 2.05) is 13.8 Å². The van der Waals surface area contributed by atoms with E-state index in [-0.39, 0.29) is 0 Å². The van der Waals surface area contributed by atoms with Gasteiger partial charge in [0.1, 0.15) is 17.3 Å². The Morgan fingerprint density at radius 1 is 1.19 bits per heavy atom. The zero-order valence-electron chi connectivity index (χ0n) is 8.90. The van der Waals surface area contributed by atoms with Crippen molar-refractivity contribution in [3.8, 4) is 11.5 Å². The van der Waals surface area contributed by atoms with E-state index in [4.69, 9.17) is 5.73 Å². The number of nitrogens with two attached hydrogens (primary N) is 1. The first-order valence-electron chi connectivity index (χ1n) is 4.67. The lowest BCUT2D eigenvalue weighted by Gasteiger charge is -2.05. The minimum Gasteiger partial charge on any atom is -0.383 e. The highest BCUT2D eigenvalue weighted by Gasteiger charge is 2.09. The molecule has 0 aliphatic rings. The minimum atomic E-state index is 0.486. The van der Waals surface area contributed by atoms with Gasteiger partial charge in [0.05, 0.1) is 9.26 Å². The SMILES string of the molecule is Cc1nccc(-c2nc(C)c(I)c(N)n2)n1. The number of nitrogens with zero attached hydrogens (tertiary/aromatic N) is 4. The third-order valence-corrected chi connectivity index (χ3v) is 3.38. The summed E-state index contributed by atoms with van der Waals surface area (Å²) in [6.45, 7) is 3.73. The van der Waals surface area contributed by atoms with Crippen LogP contribution in [0.2, 0.25) is 0 Å². The molecule has 0 spiro atoms. The van der Waals surface area contributed by atoms with Crippen LogP contribution in [-0.2, 0) is 0 Å². The van der Waals surface area contributed by atoms with Crippen LogP contribution >= 0.6 is 22.6 Å². The van der Waals surface area contributed by atoms with Gasteiger partial charge in [-0.05, 0) is 42.5 Å². The van der Waals surface area contributed by atoms with Gasteiger partial charge in [-0.3, -0.25) is 0 Å². The van der Waals surface area contributed by atoms with Crippen LogP contribution < -0.4 is 5.73 Å². The van der Waals surface area contributed by atoms with E-state index in [9.17, 15) is 0 Å². The molecule has 0 aromatic carbocycles. The van der Waals surface area contributed by atoms with Gasteiger partial charge in [0.15, 0.2) is 5.82 Å². The molecule has 2 rings (SSSR count). The van der Waals surface area contributed by atoms with Crippen LogP contribution in [0.25, 0.3) is 11.5 Å². The third kappa shape index (κ3) is 2.11. The topological polar surface area (TPSA) is 77.6 Å². The Kier molecular flexibility index (Phi) is 2.99. The molecular weight excluding hydrogens is 317 g/mol. The van der Waals surface area contributed by atoms with Crippen molar-refractivity contribution in [1.82, 2.24) is 19.9 Å². The fourth-order valence-electron chi connectivity index (χ4n) is 1.28. The number of aromatic nitrogens is 4. The monoisotopic (exact) mass is 327 g/mol. The predicted octanol–water partition coefficient (Wildman–Crippen LogP) is 1.74. The molecule has 0 fully saturated rings. The summed E-state index contributed by atoms with van der Waals surface area (Å²) in [5.41, 5.74) is 7.35. The lowest BCUT2D eigenvalue weighted by Crippen LogP contribution is -2.03. The van der Waals surface area contributed by atoms with Crippen LogP contribution in [0.5, 0.6) is 0 Å². The molecule has 16 heavy (non-hydrogen) atoms. The Bertz CT molecular complexity index is 517. The van der Waals surface area contributed by atoms with Crippen LogP contribution in [0.1, 0.15) is 11.5 Å². The molecule has 2 aromatic rings. The Morgan fingerprint density at radius 3 is 2.56 bits per heavy atom. The average molecular weight is 327 g/mol. The standard InChI is InChI=1S/C10H10IN5/c1-5-8(11)9(12)16-10(14-5)7-3-4-13-6(2)15-7/h3-4H,1-2H3,(H2,12,14,16). The molecule has 0 unspecified atom stereocenters. The van der Waals surface area contributed by atoms with E-state index in [1.54, 1.807) is 12.3 Å². The third-order valence-electron chi connectivity index (χ3n) is 2.05. The van der Waals surface area contributed by atoms with Gasteiger partial charge in [0.25, 0.3) is 0 Å². The summed E-state index contributed by atoms with van der Waals surface area (Å²) in [4.78, 5) is 16.9. The lowest BCUT2D eigenvalue weighted by molar-refractivity contribution is 1.02. The summed E-state index contributed by atoms with van der Waals surface area (Å²) in [7, 11) is 0. The van der Waals surface area contributed by atoms with Crippen molar-refractivity contribution < 1.29 is 0 Å². The zero-order valence-corrected chi connectivity index (χ0v) is 11.1. The fourth-order valence-corrected chi connectivity index (χ4v) is 1.52. The van der Waals surface area contributed by atoms with Gasteiger partial charge in [-0.1, -0.05) is 0 Å². The maximum Gasteiger partial charge on any atom is 0.180 e. The summed E-state index contributed by atoms with van der Waals surface area (Å²) >= 11 is 2.13. The largest absolute Gasteiger partial charge is 0.383 e. The first kappa shape index (κ1) is 11.2. The van der Waals surface area contributed by atoms with Crippen LogP contribution in [0, 0.1) is 17.4 Å². The van der Waals surface area contributed by atoms with E-state index in [0.29, 0.717) is 23.2 Å². The normalized spacial score (nSPS) is 10.4. The van der Waals surface area contributed by atoms with Gasteiger partial charge < -0.3 is 5.73 Å². The maximum atomic E-state index is 5.79. The van der Waals surface area contributed by atoms with E-state index < -0.39 is 0 Å². The summed E-state index contributed by atoms with van der Waals surface area (Å²) < 4.78 is 0.882. The molecule has 0 saturated carbocycles. The first-order valence-corrected chi connectivity index (χ1v) is 5.75. The number of halogens is 1. The highest BCUT2D eigenvalue weighted by molar-refractivity contribution is 14.1. The first-order chi connectivity index (χ1) is 7.58. The van der Waals surface area contributed by atoms with Crippen LogP contribution in [-0.4, -0.2) is 19.9 Å². The molecule has 2 heterocycles. The van der Waals surface area contributed by atoms with E-state index in [1.165, 1.54) is 0 Å². The maximum absolute atomic E-state index is 5.79. The van der Waals surface area contributed by atoms with Crippen molar-refractivity contribution in [2.24, 2.45) is 0 Å². The molecule has 0 aliphatic carbocycles.